The molecule has 0 atom stereocenters. The Morgan fingerprint density at radius 1 is 0.900 bits per heavy atom. The molecule has 0 bridgehead atoms. The van der Waals surface area contributed by atoms with Crippen molar-refractivity contribution in [2.75, 3.05) is 23.3 Å². The number of urea groups is 1. The molecule has 2 aromatic rings. The van der Waals surface area contributed by atoms with Crippen molar-refractivity contribution in [2.24, 2.45) is 0 Å². The highest BCUT2D eigenvalue weighted by Gasteiger charge is 2.16. The average molecular weight is 414 g/mol. The highest BCUT2D eigenvalue weighted by atomic mass is 19.1. The van der Waals surface area contributed by atoms with E-state index in [4.69, 9.17) is 0 Å². The molecule has 0 aromatic heterocycles. The van der Waals surface area contributed by atoms with Gasteiger partial charge in [-0.15, -0.1) is 0 Å². The van der Waals surface area contributed by atoms with E-state index in [1.165, 1.54) is 42.7 Å². The Bertz CT molecular complexity index is 766. The van der Waals surface area contributed by atoms with Crippen LogP contribution in [-0.4, -0.2) is 25.0 Å². The van der Waals surface area contributed by atoms with Gasteiger partial charge >= 0.3 is 6.03 Å². The van der Waals surface area contributed by atoms with Crippen LogP contribution in [0.5, 0.6) is 0 Å². The van der Waals surface area contributed by atoms with Crippen LogP contribution in [0.4, 0.5) is 20.6 Å². The van der Waals surface area contributed by atoms with E-state index >= 15 is 0 Å². The van der Waals surface area contributed by atoms with Crippen LogP contribution in [0.3, 0.4) is 0 Å². The third kappa shape index (κ3) is 8.64. The minimum Gasteiger partial charge on any atom is -0.354 e. The largest absolute Gasteiger partial charge is 0.354 e. The molecule has 2 N–H and O–H groups in total. The van der Waals surface area contributed by atoms with Crippen LogP contribution in [0.2, 0.25) is 0 Å². The molecule has 0 aliphatic rings. The molecular weight excluding hydrogens is 381 g/mol. The van der Waals surface area contributed by atoms with E-state index in [2.05, 4.69) is 17.6 Å². The molecule has 3 amide bonds. The predicted octanol–water partition coefficient (Wildman–Crippen LogP) is 5.73. The molecule has 0 radical (unpaired) electrons. The molecule has 30 heavy (non-hydrogen) atoms. The first-order chi connectivity index (χ1) is 14.6. The molecule has 6 heteroatoms. The number of hydrogen-bond acceptors (Lipinski definition) is 2. The highest BCUT2D eigenvalue weighted by molar-refractivity contribution is 6.01. The van der Waals surface area contributed by atoms with Gasteiger partial charge in [-0.25, -0.2) is 9.18 Å². The van der Waals surface area contributed by atoms with E-state index in [9.17, 15) is 14.0 Å². The van der Waals surface area contributed by atoms with Crippen molar-refractivity contribution in [1.29, 1.82) is 0 Å². The molecule has 0 aliphatic heterocycles. The van der Waals surface area contributed by atoms with E-state index in [1.54, 1.807) is 24.3 Å². The maximum Gasteiger partial charge on any atom is 0.326 e. The fourth-order valence-electron chi connectivity index (χ4n) is 3.14. The van der Waals surface area contributed by atoms with Crippen LogP contribution in [-0.2, 0) is 4.79 Å². The molecule has 0 fully saturated rings. The second-order valence-electron chi connectivity index (χ2n) is 7.29. The third-order valence-corrected chi connectivity index (χ3v) is 4.82. The molecule has 2 aromatic carbocycles. The summed E-state index contributed by atoms with van der Waals surface area (Å²) in [5.74, 6) is -0.373. The summed E-state index contributed by atoms with van der Waals surface area (Å²) in [5, 5.41) is 5.71. The van der Waals surface area contributed by atoms with Crippen molar-refractivity contribution in [2.45, 2.75) is 51.9 Å². The van der Waals surface area contributed by atoms with Gasteiger partial charge in [0, 0.05) is 30.9 Å². The quantitative estimate of drug-likeness (QED) is 0.437. The molecule has 0 saturated heterocycles. The number of benzene rings is 2. The van der Waals surface area contributed by atoms with Crippen LogP contribution in [0.25, 0.3) is 0 Å². The van der Waals surface area contributed by atoms with Crippen molar-refractivity contribution in [3.8, 4) is 0 Å². The summed E-state index contributed by atoms with van der Waals surface area (Å²) < 4.78 is 13.3. The van der Waals surface area contributed by atoms with Crippen molar-refractivity contribution in [3.63, 3.8) is 0 Å². The lowest BCUT2D eigenvalue weighted by atomic mass is 10.1. The normalized spacial score (nSPS) is 10.5. The van der Waals surface area contributed by atoms with Crippen LogP contribution in [0, 0.1) is 5.82 Å². The van der Waals surface area contributed by atoms with E-state index in [1.807, 2.05) is 18.2 Å². The summed E-state index contributed by atoms with van der Waals surface area (Å²) in [5.41, 5.74) is 1.23. The fourth-order valence-corrected chi connectivity index (χ4v) is 3.14. The van der Waals surface area contributed by atoms with Gasteiger partial charge in [-0.1, -0.05) is 57.2 Å². The molecule has 0 spiro atoms. The number of halogens is 1. The Morgan fingerprint density at radius 2 is 1.57 bits per heavy atom. The number of anilines is 2. The van der Waals surface area contributed by atoms with Crippen LogP contribution in [0.1, 0.15) is 51.9 Å². The van der Waals surface area contributed by atoms with Crippen molar-refractivity contribution in [3.05, 3.63) is 60.4 Å². The number of carbonyl (C=O) groups excluding carboxylic acids is 2. The van der Waals surface area contributed by atoms with E-state index in [-0.39, 0.29) is 24.3 Å². The van der Waals surface area contributed by atoms with Crippen molar-refractivity contribution >= 4 is 23.3 Å². The number of carbonyl (C=O) groups is 2. The zero-order valence-electron chi connectivity index (χ0n) is 17.7. The van der Waals surface area contributed by atoms with Gasteiger partial charge < -0.3 is 10.6 Å². The van der Waals surface area contributed by atoms with Crippen molar-refractivity contribution in [1.82, 2.24) is 5.32 Å². The van der Waals surface area contributed by atoms with Gasteiger partial charge in [0.2, 0.25) is 5.91 Å². The third-order valence-electron chi connectivity index (χ3n) is 4.82. The topological polar surface area (TPSA) is 61.4 Å². The summed E-state index contributed by atoms with van der Waals surface area (Å²) in [6, 6.07) is 14.5. The summed E-state index contributed by atoms with van der Waals surface area (Å²) in [6.07, 6.45) is 7.29. The monoisotopic (exact) mass is 413 g/mol. The lowest BCUT2D eigenvalue weighted by molar-refractivity contribution is -0.121. The molecule has 2 rings (SSSR count). The SMILES string of the molecule is CCCCCCCCC(=O)NCCN(C(=O)Nc1ccccc1)c1ccc(F)cc1. The minimum atomic E-state index is -0.366. The zero-order chi connectivity index (χ0) is 21.6. The number of nitrogens with zero attached hydrogens (tertiary/aromatic N) is 1. The average Bonchev–Trinajstić information content (AvgIpc) is 2.75. The van der Waals surface area contributed by atoms with Gasteiger partial charge in [-0.05, 0) is 42.8 Å². The summed E-state index contributed by atoms with van der Waals surface area (Å²) in [6.45, 7) is 2.80. The molecule has 0 heterocycles. The Kier molecular flexibility index (Phi) is 10.4. The van der Waals surface area contributed by atoms with Crippen LogP contribution >= 0.6 is 0 Å². The summed E-state index contributed by atoms with van der Waals surface area (Å²) >= 11 is 0. The van der Waals surface area contributed by atoms with E-state index in [0.717, 1.165) is 12.8 Å². The Labute approximate surface area is 178 Å². The highest BCUT2D eigenvalue weighted by Crippen LogP contribution is 2.17. The van der Waals surface area contributed by atoms with Gasteiger partial charge in [0.25, 0.3) is 0 Å². The van der Waals surface area contributed by atoms with Gasteiger partial charge in [-0.3, -0.25) is 9.69 Å². The van der Waals surface area contributed by atoms with Crippen LogP contribution < -0.4 is 15.5 Å². The number of hydrogen-bond donors (Lipinski definition) is 2. The molecule has 0 saturated carbocycles. The number of rotatable bonds is 12. The first-order valence-corrected chi connectivity index (χ1v) is 10.8. The standard InChI is InChI=1S/C24H32FN3O2/c1-2-3-4-5-6-10-13-23(29)26-18-19-28(22-16-14-20(25)15-17-22)24(30)27-21-11-8-7-9-12-21/h7-9,11-12,14-17H,2-6,10,13,18-19H2,1H3,(H,26,29)(H,27,30). The minimum absolute atomic E-state index is 0.00647. The summed E-state index contributed by atoms with van der Waals surface area (Å²) in [4.78, 5) is 26.4. The second-order valence-corrected chi connectivity index (χ2v) is 7.29. The van der Waals surface area contributed by atoms with Gasteiger partial charge in [0.05, 0.1) is 0 Å². The van der Waals surface area contributed by atoms with Crippen molar-refractivity contribution < 1.29 is 14.0 Å². The number of unbranched alkanes of at least 4 members (excludes halogenated alkanes) is 5. The van der Waals surface area contributed by atoms with Gasteiger partial charge in [0.15, 0.2) is 0 Å². The predicted molar refractivity (Wildman–Crippen MR) is 120 cm³/mol. The van der Waals surface area contributed by atoms with Crippen LogP contribution in [0.15, 0.2) is 54.6 Å². The second kappa shape index (κ2) is 13.4. The number of nitrogens with one attached hydrogen (secondary N) is 2. The Balaban J connectivity index is 1.85. The molecular formula is C24H32FN3O2. The molecule has 5 nitrogen and oxygen atoms in total. The first-order valence-electron chi connectivity index (χ1n) is 10.8. The fraction of sp³-hybridized carbons (Fsp3) is 0.417. The first kappa shape index (κ1) is 23.4. The lowest BCUT2D eigenvalue weighted by Crippen LogP contribution is -2.41. The maximum atomic E-state index is 13.3. The number of amides is 3. The Hall–Kier alpha value is -2.89. The maximum absolute atomic E-state index is 13.3. The molecule has 0 unspecified atom stereocenters. The van der Waals surface area contributed by atoms with Gasteiger partial charge in [0.1, 0.15) is 5.82 Å². The lowest BCUT2D eigenvalue weighted by Gasteiger charge is -2.23. The molecule has 162 valence electrons. The zero-order valence-corrected chi connectivity index (χ0v) is 17.7. The molecule has 0 aliphatic carbocycles. The van der Waals surface area contributed by atoms with E-state index in [0.29, 0.717) is 24.3 Å². The number of para-hydroxylation sites is 1. The summed E-state index contributed by atoms with van der Waals surface area (Å²) in [7, 11) is 0. The Morgan fingerprint density at radius 3 is 2.27 bits per heavy atom. The van der Waals surface area contributed by atoms with Gasteiger partial charge in [-0.2, -0.15) is 0 Å². The smallest absolute Gasteiger partial charge is 0.326 e. The van der Waals surface area contributed by atoms with E-state index < -0.39 is 0 Å².